The molecule has 2 saturated carbocycles. The van der Waals surface area contributed by atoms with Gasteiger partial charge in [0.05, 0.1) is 17.9 Å². The third kappa shape index (κ3) is 3.17. The van der Waals surface area contributed by atoms with Gasteiger partial charge < -0.3 is 20.3 Å². The zero-order valence-corrected chi connectivity index (χ0v) is 17.9. The molecular formula is C23H33N3O4. The van der Waals surface area contributed by atoms with Crippen molar-refractivity contribution < 1.29 is 19.1 Å². The summed E-state index contributed by atoms with van der Waals surface area (Å²) in [4.78, 5) is 41.8. The van der Waals surface area contributed by atoms with E-state index in [1.807, 2.05) is 26.0 Å². The van der Waals surface area contributed by atoms with Gasteiger partial charge in [-0.05, 0) is 31.6 Å². The summed E-state index contributed by atoms with van der Waals surface area (Å²) < 4.78 is 6.33. The number of nitrogens with one attached hydrogen (secondary N) is 2. The highest BCUT2D eigenvalue weighted by molar-refractivity contribution is 6.00. The number of carbonyl (C=O) groups excluding carboxylic acids is 3. The van der Waals surface area contributed by atoms with Crippen LogP contribution in [0.1, 0.15) is 58.8 Å². The maximum atomic E-state index is 13.6. The van der Waals surface area contributed by atoms with Crippen molar-refractivity contribution >= 4 is 17.7 Å². The fourth-order valence-electron chi connectivity index (χ4n) is 5.91. The summed E-state index contributed by atoms with van der Waals surface area (Å²) in [6, 6.07) is -0.321. The minimum Gasteiger partial charge on any atom is -0.359 e. The Balaban J connectivity index is 1.44. The Morgan fingerprint density at radius 1 is 1.10 bits per heavy atom. The third-order valence-electron chi connectivity index (χ3n) is 7.36. The molecule has 5 aliphatic rings. The number of fused-ring (bicyclic) bond motifs is 1. The number of carbonyl (C=O) groups is 3. The predicted molar refractivity (Wildman–Crippen MR) is 110 cm³/mol. The van der Waals surface area contributed by atoms with Crippen molar-refractivity contribution in [3.8, 4) is 0 Å². The maximum absolute atomic E-state index is 13.6. The van der Waals surface area contributed by atoms with Crippen LogP contribution in [0.2, 0.25) is 0 Å². The molecule has 2 bridgehead atoms. The van der Waals surface area contributed by atoms with Crippen LogP contribution in [-0.4, -0.2) is 59.0 Å². The Morgan fingerprint density at radius 3 is 2.43 bits per heavy atom. The highest BCUT2D eigenvalue weighted by Gasteiger charge is 2.72. The van der Waals surface area contributed by atoms with Gasteiger partial charge in [-0.3, -0.25) is 14.4 Å². The van der Waals surface area contributed by atoms with E-state index in [4.69, 9.17) is 4.74 Å². The van der Waals surface area contributed by atoms with Crippen LogP contribution in [0.3, 0.4) is 0 Å². The van der Waals surface area contributed by atoms with Crippen molar-refractivity contribution in [2.75, 3.05) is 6.54 Å². The van der Waals surface area contributed by atoms with E-state index in [1.165, 1.54) is 6.42 Å². The van der Waals surface area contributed by atoms with Crippen LogP contribution in [-0.2, 0) is 19.1 Å². The molecule has 2 saturated heterocycles. The first kappa shape index (κ1) is 20.0. The molecule has 0 unspecified atom stereocenters. The maximum Gasteiger partial charge on any atom is 0.246 e. The Morgan fingerprint density at radius 2 is 1.77 bits per heavy atom. The number of hydrogen-bond donors (Lipinski definition) is 2. The molecule has 7 heteroatoms. The Labute approximate surface area is 178 Å². The second-order valence-electron chi connectivity index (χ2n) is 10.2. The zero-order chi connectivity index (χ0) is 21.0. The van der Waals surface area contributed by atoms with Crippen LogP contribution in [0.15, 0.2) is 12.2 Å². The van der Waals surface area contributed by atoms with Crippen LogP contribution in [0.25, 0.3) is 0 Å². The Kier molecular flexibility index (Phi) is 4.92. The van der Waals surface area contributed by atoms with E-state index < -0.39 is 29.6 Å². The number of hydrogen-bond acceptors (Lipinski definition) is 4. The largest absolute Gasteiger partial charge is 0.359 e. The molecule has 7 nitrogen and oxygen atoms in total. The molecule has 4 fully saturated rings. The zero-order valence-electron chi connectivity index (χ0n) is 17.9. The molecule has 2 aliphatic carbocycles. The number of rotatable bonds is 6. The number of amides is 3. The number of likely N-dealkylation sites (tertiary alicyclic amines) is 1. The van der Waals surface area contributed by atoms with Crippen molar-refractivity contribution in [3.05, 3.63) is 12.2 Å². The molecule has 0 aromatic rings. The second kappa shape index (κ2) is 7.36. The van der Waals surface area contributed by atoms with Gasteiger partial charge in [0.15, 0.2) is 0 Å². The highest BCUT2D eigenvalue weighted by Crippen LogP contribution is 2.55. The van der Waals surface area contributed by atoms with Crippen molar-refractivity contribution in [1.82, 2.24) is 15.5 Å². The molecule has 30 heavy (non-hydrogen) atoms. The van der Waals surface area contributed by atoms with Crippen molar-refractivity contribution in [2.45, 2.75) is 88.6 Å². The highest BCUT2D eigenvalue weighted by atomic mass is 16.5. The number of ether oxygens (including phenoxy) is 1. The van der Waals surface area contributed by atoms with Crippen molar-refractivity contribution in [2.24, 2.45) is 17.8 Å². The van der Waals surface area contributed by atoms with Crippen LogP contribution < -0.4 is 10.6 Å². The first-order chi connectivity index (χ1) is 14.4. The Bertz CT molecular complexity index is 770. The van der Waals surface area contributed by atoms with E-state index >= 15 is 0 Å². The van der Waals surface area contributed by atoms with Crippen LogP contribution >= 0.6 is 0 Å². The molecule has 3 aliphatic heterocycles. The van der Waals surface area contributed by atoms with Gasteiger partial charge in [-0.25, -0.2) is 0 Å². The fourth-order valence-corrected chi connectivity index (χ4v) is 5.91. The summed E-state index contributed by atoms with van der Waals surface area (Å²) in [5.74, 6) is -1.31. The molecule has 0 radical (unpaired) electrons. The predicted octanol–water partition coefficient (Wildman–Crippen LogP) is 1.52. The van der Waals surface area contributed by atoms with E-state index in [-0.39, 0.29) is 35.7 Å². The van der Waals surface area contributed by atoms with E-state index in [0.717, 1.165) is 38.5 Å². The Hall–Kier alpha value is -1.89. The SMILES string of the molecule is CC(C)CN1C(=O)[C@@H]2[C@H](C(=O)NC3CC3)[C@H]3C=C[C@@]2(O3)[C@H]1C(=O)NC1CCCCC1. The lowest BCUT2D eigenvalue weighted by Gasteiger charge is -2.34. The van der Waals surface area contributed by atoms with E-state index in [0.29, 0.717) is 6.54 Å². The van der Waals surface area contributed by atoms with Gasteiger partial charge in [0, 0.05) is 18.6 Å². The summed E-state index contributed by atoms with van der Waals surface area (Å²) in [5, 5.41) is 6.27. The average molecular weight is 416 g/mol. The van der Waals surface area contributed by atoms with Gasteiger partial charge in [-0.15, -0.1) is 0 Å². The minimum absolute atomic E-state index is 0.107. The first-order valence-corrected chi connectivity index (χ1v) is 11.7. The number of nitrogens with zero attached hydrogens (tertiary/aromatic N) is 1. The molecule has 3 amide bonds. The molecular weight excluding hydrogens is 382 g/mol. The second-order valence-corrected chi connectivity index (χ2v) is 10.2. The molecule has 3 heterocycles. The topological polar surface area (TPSA) is 87.7 Å². The van der Waals surface area contributed by atoms with Gasteiger partial charge in [-0.2, -0.15) is 0 Å². The molecule has 164 valence electrons. The fraction of sp³-hybridized carbons (Fsp3) is 0.783. The lowest BCUT2D eigenvalue weighted by atomic mass is 9.74. The van der Waals surface area contributed by atoms with Gasteiger partial charge in [0.25, 0.3) is 0 Å². The van der Waals surface area contributed by atoms with Gasteiger partial charge in [-0.1, -0.05) is 45.3 Å². The minimum atomic E-state index is -1.03. The van der Waals surface area contributed by atoms with Gasteiger partial charge in [0.2, 0.25) is 17.7 Å². The van der Waals surface area contributed by atoms with Gasteiger partial charge >= 0.3 is 0 Å². The first-order valence-electron chi connectivity index (χ1n) is 11.7. The van der Waals surface area contributed by atoms with Gasteiger partial charge in [0.1, 0.15) is 11.6 Å². The molecule has 5 atom stereocenters. The van der Waals surface area contributed by atoms with Crippen molar-refractivity contribution in [3.63, 3.8) is 0 Å². The average Bonchev–Trinajstić information content (AvgIpc) is 3.25. The summed E-state index contributed by atoms with van der Waals surface area (Å²) in [5.41, 5.74) is -1.03. The molecule has 1 spiro atoms. The smallest absolute Gasteiger partial charge is 0.246 e. The van der Waals surface area contributed by atoms with Crippen LogP contribution in [0.4, 0.5) is 0 Å². The van der Waals surface area contributed by atoms with E-state index in [9.17, 15) is 14.4 Å². The summed E-state index contributed by atoms with van der Waals surface area (Å²) >= 11 is 0. The van der Waals surface area contributed by atoms with Crippen LogP contribution in [0.5, 0.6) is 0 Å². The summed E-state index contributed by atoms with van der Waals surface area (Å²) in [6.45, 7) is 4.57. The monoisotopic (exact) mass is 415 g/mol. The summed E-state index contributed by atoms with van der Waals surface area (Å²) in [7, 11) is 0. The normalized spacial score (nSPS) is 37.7. The van der Waals surface area contributed by atoms with E-state index in [1.54, 1.807) is 4.90 Å². The summed E-state index contributed by atoms with van der Waals surface area (Å²) in [6.07, 6.45) is 10.8. The van der Waals surface area contributed by atoms with Crippen LogP contribution in [0, 0.1) is 17.8 Å². The molecule has 5 rings (SSSR count). The molecule has 0 aromatic heterocycles. The molecule has 2 N–H and O–H groups in total. The van der Waals surface area contributed by atoms with Crippen molar-refractivity contribution in [1.29, 1.82) is 0 Å². The molecule has 0 aromatic carbocycles. The quantitative estimate of drug-likeness (QED) is 0.644. The van der Waals surface area contributed by atoms with E-state index in [2.05, 4.69) is 10.6 Å². The lowest BCUT2D eigenvalue weighted by molar-refractivity contribution is -0.142. The third-order valence-corrected chi connectivity index (χ3v) is 7.36. The standard InChI is InChI=1S/C23H33N3O4/c1-13(2)12-26-19(21(28)25-14-6-4-3-5-7-14)23-11-10-16(30-23)17(18(23)22(26)29)20(27)24-15-8-9-15/h10-11,13-19H,3-9,12H2,1-2H3,(H,24,27)(H,25,28)/t16-,17-,18+,19-,23+/m1/s1. The lowest BCUT2D eigenvalue weighted by Crippen LogP contribution is -2.57.